The number of hydrogen-bond acceptors (Lipinski definition) is 3. The number of benzene rings is 1. The first-order chi connectivity index (χ1) is 10.5. The Morgan fingerprint density at radius 2 is 2.14 bits per heavy atom. The highest BCUT2D eigenvalue weighted by Gasteiger charge is 2.21. The summed E-state index contributed by atoms with van der Waals surface area (Å²) in [7, 11) is 0. The molecule has 0 saturated heterocycles. The normalized spacial score (nSPS) is 18.0. The van der Waals surface area contributed by atoms with Crippen LogP contribution in [0.5, 0.6) is 0 Å². The molecule has 0 unspecified atom stereocenters. The van der Waals surface area contributed by atoms with Gasteiger partial charge >= 0.3 is 5.97 Å². The van der Waals surface area contributed by atoms with E-state index in [2.05, 4.69) is 11.4 Å². The zero-order chi connectivity index (χ0) is 16.1. The van der Waals surface area contributed by atoms with Gasteiger partial charge in [0.1, 0.15) is 0 Å². The number of esters is 1. The van der Waals surface area contributed by atoms with E-state index in [1.54, 1.807) is 6.92 Å². The van der Waals surface area contributed by atoms with Crippen molar-refractivity contribution in [3.05, 3.63) is 41.5 Å². The maximum Gasteiger partial charge on any atom is 0.307 e. The van der Waals surface area contributed by atoms with Gasteiger partial charge in [0.15, 0.2) is 6.10 Å². The van der Waals surface area contributed by atoms with Crippen LogP contribution in [-0.2, 0) is 14.3 Å². The number of aryl methyl sites for hydroxylation is 2. The first-order valence-corrected chi connectivity index (χ1v) is 7.70. The van der Waals surface area contributed by atoms with Gasteiger partial charge < -0.3 is 10.1 Å². The van der Waals surface area contributed by atoms with E-state index >= 15 is 0 Å². The standard InChI is InChI=1S/C18H23NO3/c1-12-8-9-13(2)16(10-12)19-18(21)14(3)22-17(20)11-15-6-4-5-7-15/h4,6,8-10,14-15H,5,7,11H2,1-3H3,(H,19,21)/t14-,15+/m1/s1. The quantitative estimate of drug-likeness (QED) is 0.668. The zero-order valence-corrected chi connectivity index (χ0v) is 13.4. The van der Waals surface area contributed by atoms with Crippen LogP contribution >= 0.6 is 0 Å². The van der Waals surface area contributed by atoms with Gasteiger partial charge in [-0.2, -0.15) is 0 Å². The molecule has 4 nitrogen and oxygen atoms in total. The van der Waals surface area contributed by atoms with Crippen molar-refractivity contribution >= 4 is 17.6 Å². The molecule has 4 heteroatoms. The molecular weight excluding hydrogens is 278 g/mol. The molecule has 0 fully saturated rings. The highest BCUT2D eigenvalue weighted by Crippen LogP contribution is 2.21. The molecule has 0 aromatic heterocycles. The summed E-state index contributed by atoms with van der Waals surface area (Å²) in [5.74, 6) is -0.369. The van der Waals surface area contributed by atoms with Crippen molar-refractivity contribution in [2.24, 2.45) is 5.92 Å². The Labute approximate surface area is 131 Å². The van der Waals surface area contributed by atoms with Crippen molar-refractivity contribution < 1.29 is 14.3 Å². The first kappa shape index (κ1) is 16.3. The molecule has 0 bridgehead atoms. The Hall–Kier alpha value is -2.10. The highest BCUT2D eigenvalue weighted by molar-refractivity contribution is 5.95. The Balaban J connectivity index is 1.87. The van der Waals surface area contributed by atoms with Crippen LogP contribution in [0.2, 0.25) is 0 Å². The summed E-state index contributed by atoms with van der Waals surface area (Å²) >= 11 is 0. The van der Waals surface area contributed by atoms with E-state index in [9.17, 15) is 9.59 Å². The fraction of sp³-hybridized carbons (Fsp3) is 0.444. The molecule has 1 amide bonds. The van der Waals surface area contributed by atoms with Crippen molar-refractivity contribution in [1.29, 1.82) is 0 Å². The Kier molecular flexibility index (Phi) is 5.36. The molecule has 1 aliphatic rings. The minimum absolute atomic E-state index is 0.252. The molecule has 1 N–H and O–H groups in total. The lowest BCUT2D eigenvalue weighted by Gasteiger charge is -2.16. The van der Waals surface area contributed by atoms with E-state index in [0.29, 0.717) is 6.42 Å². The number of anilines is 1. The van der Waals surface area contributed by atoms with Gasteiger partial charge in [0.25, 0.3) is 5.91 Å². The van der Waals surface area contributed by atoms with Gasteiger partial charge in [-0.1, -0.05) is 24.3 Å². The molecule has 1 aromatic carbocycles. The van der Waals surface area contributed by atoms with Crippen LogP contribution in [0, 0.1) is 19.8 Å². The predicted octanol–water partition coefficient (Wildman–Crippen LogP) is 3.53. The second-order valence-electron chi connectivity index (χ2n) is 5.91. The molecule has 0 aliphatic heterocycles. The number of carbonyl (C=O) groups excluding carboxylic acids is 2. The SMILES string of the molecule is Cc1ccc(C)c(NC(=O)[C@@H](C)OC(=O)C[C@H]2C=CCC2)c1. The number of ether oxygens (including phenoxy) is 1. The Morgan fingerprint density at radius 1 is 1.36 bits per heavy atom. The van der Waals surface area contributed by atoms with Crippen LogP contribution < -0.4 is 5.32 Å². The van der Waals surface area contributed by atoms with Gasteiger partial charge in [0, 0.05) is 5.69 Å². The van der Waals surface area contributed by atoms with Crippen molar-refractivity contribution in [2.75, 3.05) is 5.32 Å². The summed E-state index contributed by atoms with van der Waals surface area (Å²) in [4.78, 5) is 24.0. The number of nitrogens with one attached hydrogen (secondary N) is 1. The van der Waals surface area contributed by atoms with Crippen LogP contribution in [0.4, 0.5) is 5.69 Å². The van der Waals surface area contributed by atoms with Crippen molar-refractivity contribution in [1.82, 2.24) is 0 Å². The van der Waals surface area contributed by atoms with Gasteiger partial charge in [-0.15, -0.1) is 0 Å². The Bertz CT molecular complexity index is 592. The second kappa shape index (κ2) is 7.25. The summed E-state index contributed by atoms with van der Waals surface area (Å²) < 4.78 is 5.23. The molecule has 0 radical (unpaired) electrons. The molecular formula is C18H23NO3. The lowest BCUT2D eigenvalue weighted by molar-refractivity contribution is -0.153. The highest BCUT2D eigenvalue weighted by atomic mass is 16.5. The number of carbonyl (C=O) groups is 2. The van der Waals surface area contributed by atoms with E-state index in [0.717, 1.165) is 29.7 Å². The molecule has 0 spiro atoms. The fourth-order valence-electron chi connectivity index (χ4n) is 2.48. The number of allylic oxidation sites excluding steroid dienone is 2. The van der Waals surface area contributed by atoms with Crippen molar-refractivity contribution in [3.8, 4) is 0 Å². The monoisotopic (exact) mass is 301 g/mol. The molecule has 0 saturated carbocycles. The third kappa shape index (κ3) is 4.45. The van der Waals surface area contributed by atoms with Gasteiger partial charge in [-0.25, -0.2) is 0 Å². The molecule has 22 heavy (non-hydrogen) atoms. The van der Waals surface area contributed by atoms with Gasteiger partial charge in [-0.3, -0.25) is 9.59 Å². The van der Waals surface area contributed by atoms with Crippen molar-refractivity contribution in [2.45, 2.75) is 46.1 Å². The summed E-state index contributed by atoms with van der Waals surface area (Å²) in [5.41, 5.74) is 2.80. The topological polar surface area (TPSA) is 55.4 Å². The van der Waals surface area contributed by atoms with E-state index in [-0.39, 0.29) is 17.8 Å². The van der Waals surface area contributed by atoms with Crippen molar-refractivity contribution in [3.63, 3.8) is 0 Å². The summed E-state index contributed by atoms with van der Waals surface area (Å²) in [5, 5.41) is 2.82. The molecule has 1 aromatic rings. The van der Waals surface area contributed by atoms with Crippen LogP contribution in [0.3, 0.4) is 0 Å². The smallest absolute Gasteiger partial charge is 0.307 e. The number of hydrogen-bond donors (Lipinski definition) is 1. The van der Waals surface area contributed by atoms with E-state index in [1.165, 1.54) is 0 Å². The first-order valence-electron chi connectivity index (χ1n) is 7.70. The second-order valence-corrected chi connectivity index (χ2v) is 5.91. The third-order valence-corrected chi connectivity index (χ3v) is 3.87. The van der Waals surface area contributed by atoms with Crippen LogP contribution in [0.1, 0.15) is 37.3 Å². The maximum absolute atomic E-state index is 12.1. The minimum atomic E-state index is -0.794. The molecule has 1 aliphatic carbocycles. The summed E-state index contributed by atoms with van der Waals surface area (Å²) in [6, 6.07) is 5.85. The lowest BCUT2D eigenvalue weighted by Crippen LogP contribution is -2.30. The number of rotatable bonds is 5. The Morgan fingerprint density at radius 3 is 2.82 bits per heavy atom. The molecule has 118 valence electrons. The van der Waals surface area contributed by atoms with Gasteiger partial charge in [0.05, 0.1) is 6.42 Å². The fourth-order valence-corrected chi connectivity index (χ4v) is 2.48. The lowest BCUT2D eigenvalue weighted by atomic mass is 10.1. The van der Waals surface area contributed by atoms with E-state index in [4.69, 9.17) is 4.74 Å². The predicted molar refractivity (Wildman–Crippen MR) is 86.6 cm³/mol. The maximum atomic E-state index is 12.1. The number of amides is 1. The molecule has 2 rings (SSSR count). The van der Waals surface area contributed by atoms with Gasteiger partial charge in [-0.05, 0) is 56.7 Å². The van der Waals surface area contributed by atoms with E-state index < -0.39 is 6.10 Å². The average Bonchev–Trinajstić information content (AvgIpc) is 2.95. The largest absolute Gasteiger partial charge is 0.453 e. The molecule has 2 atom stereocenters. The zero-order valence-electron chi connectivity index (χ0n) is 13.4. The minimum Gasteiger partial charge on any atom is -0.453 e. The summed E-state index contributed by atoms with van der Waals surface area (Å²) in [6.07, 6.45) is 5.67. The van der Waals surface area contributed by atoms with Crippen LogP contribution in [0.15, 0.2) is 30.4 Å². The summed E-state index contributed by atoms with van der Waals surface area (Å²) in [6.45, 7) is 5.49. The van der Waals surface area contributed by atoms with Gasteiger partial charge in [0.2, 0.25) is 0 Å². The molecule has 0 heterocycles. The van der Waals surface area contributed by atoms with Crippen LogP contribution in [-0.4, -0.2) is 18.0 Å². The average molecular weight is 301 g/mol. The van der Waals surface area contributed by atoms with E-state index in [1.807, 2.05) is 38.1 Å². The van der Waals surface area contributed by atoms with Crippen LogP contribution in [0.25, 0.3) is 0 Å². The third-order valence-electron chi connectivity index (χ3n) is 3.87.